The van der Waals surface area contributed by atoms with Gasteiger partial charge in [0.25, 0.3) is 5.91 Å². The topological polar surface area (TPSA) is 78.5 Å². The van der Waals surface area contributed by atoms with Gasteiger partial charge in [-0.15, -0.1) is 11.3 Å². The first-order valence-electron chi connectivity index (χ1n) is 7.94. The molecule has 4 amide bonds. The minimum Gasteiger partial charge on any atom is -0.347 e. The van der Waals surface area contributed by atoms with Gasteiger partial charge in [-0.2, -0.15) is 0 Å². The molecule has 7 heteroatoms. The van der Waals surface area contributed by atoms with Crippen LogP contribution < -0.4 is 10.6 Å². The molecule has 2 atom stereocenters. The fourth-order valence-corrected chi connectivity index (χ4v) is 3.58. The van der Waals surface area contributed by atoms with E-state index in [1.165, 1.54) is 11.3 Å². The van der Waals surface area contributed by atoms with E-state index in [9.17, 15) is 14.4 Å². The van der Waals surface area contributed by atoms with Crippen molar-refractivity contribution in [1.29, 1.82) is 0 Å². The Morgan fingerprint density at radius 1 is 1.24 bits per heavy atom. The maximum absolute atomic E-state index is 12.8. The van der Waals surface area contributed by atoms with Crippen molar-refractivity contribution in [2.75, 3.05) is 6.54 Å². The average Bonchev–Trinajstić information content (AvgIpc) is 3.20. The first-order valence-corrected chi connectivity index (χ1v) is 8.82. The number of hydrogen-bond acceptors (Lipinski definition) is 4. The van der Waals surface area contributed by atoms with Crippen LogP contribution in [0.5, 0.6) is 0 Å². The van der Waals surface area contributed by atoms with Crippen molar-refractivity contribution in [1.82, 2.24) is 15.5 Å². The highest BCUT2D eigenvalue weighted by Crippen LogP contribution is 2.28. The van der Waals surface area contributed by atoms with E-state index in [1.807, 2.05) is 30.5 Å². The number of hydrogen-bond donors (Lipinski definition) is 2. The fourth-order valence-electron chi connectivity index (χ4n) is 2.85. The molecular formula is C18H19N3O3S. The molecule has 0 radical (unpaired) electrons. The van der Waals surface area contributed by atoms with Crippen LogP contribution in [-0.2, 0) is 15.1 Å². The molecule has 0 unspecified atom stereocenters. The van der Waals surface area contributed by atoms with Gasteiger partial charge in [0.1, 0.15) is 12.1 Å². The van der Waals surface area contributed by atoms with Crippen molar-refractivity contribution in [3.63, 3.8) is 0 Å². The molecule has 2 aromatic rings. The highest BCUT2D eigenvalue weighted by atomic mass is 32.1. The van der Waals surface area contributed by atoms with Crippen LogP contribution in [0.1, 0.15) is 30.3 Å². The summed E-state index contributed by atoms with van der Waals surface area (Å²) >= 11 is 1.54. The Labute approximate surface area is 149 Å². The first kappa shape index (κ1) is 17.2. The fraction of sp³-hybridized carbons (Fsp3) is 0.278. The van der Waals surface area contributed by atoms with Crippen LogP contribution in [0.2, 0.25) is 0 Å². The molecule has 3 rings (SSSR count). The van der Waals surface area contributed by atoms with E-state index in [4.69, 9.17) is 0 Å². The lowest BCUT2D eigenvalue weighted by atomic mass is 9.92. The van der Waals surface area contributed by atoms with Crippen LogP contribution >= 0.6 is 11.3 Å². The SMILES string of the molecule is C[C@H](NC(=O)CN1C(=O)N[C@@](C)(c2ccccc2)C1=O)c1cccs1. The van der Waals surface area contributed by atoms with Crippen molar-refractivity contribution >= 4 is 29.2 Å². The van der Waals surface area contributed by atoms with E-state index in [0.29, 0.717) is 5.56 Å². The third-order valence-electron chi connectivity index (χ3n) is 4.28. The molecule has 2 heterocycles. The van der Waals surface area contributed by atoms with Gasteiger partial charge in [-0.1, -0.05) is 36.4 Å². The Kier molecular flexibility index (Phi) is 4.59. The molecule has 1 aliphatic heterocycles. The number of carbonyl (C=O) groups excluding carboxylic acids is 3. The molecule has 130 valence electrons. The number of nitrogens with zero attached hydrogens (tertiary/aromatic N) is 1. The summed E-state index contributed by atoms with van der Waals surface area (Å²) in [5, 5.41) is 7.44. The molecule has 1 saturated heterocycles. The van der Waals surface area contributed by atoms with Crippen molar-refractivity contribution in [3.05, 3.63) is 58.3 Å². The lowest BCUT2D eigenvalue weighted by molar-refractivity contribution is -0.135. The van der Waals surface area contributed by atoms with Gasteiger partial charge in [-0.05, 0) is 30.9 Å². The zero-order chi connectivity index (χ0) is 18.0. The van der Waals surface area contributed by atoms with Crippen LogP contribution in [0, 0.1) is 0 Å². The second-order valence-electron chi connectivity index (χ2n) is 6.12. The highest BCUT2D eigenvalue weighted by molar-refractivity contribution is 7.10. The number of rotatable bonds is 5. The second kappa shape index (κ2) is 6.68. The van der Waals surface area contributed by atoms with Crippen LogP contribution in [0.15, 0.2) is 47.8 Å². The lowest BCUT2D eigenvalue weighted by Crippen LogP contribution is -2.43. The van der Waals surface area contributed by atoms with Crippen molar-refractivity contribution in [3.8, 4) is 0 Å². The van der Waals surface area contributed by atoms with E-state index in [2.05, 4.69) is 10.6 Å². The zero-order valence-corrected chi connectivity index (χ0v) is 14.8. The normalized spacial score (nSPS) is 21.1. The van der Waals surface area contributed by atoms with Crippen molar-refractivity contribution in [2.24, 2.45) is 0 Å². The summed E-state index contributed by atoms with van der Waals surface area (Å²) in [6.45, 7) is 3.21. The number of carbonyl (C=O) groups is 3. The average molecular weight is 357 g/mol. The molecule has 1 aromatic carbocycles. The predicted molar refractivity (Wildman–Crippen MR) is 94.9 cm³/mol. The van der Waals surface area contributed by atoms with Gasteiger partial charge in [0.05, 0.1) is 6.04 Å². The maximum atomic E-state index is 12.8. The summed E-state index contributed by atoms with van der Waals surface area (Å²) in [5.41, 5.74) is -0.471. The molecule has 6 nitrogen and oxygen atoms in total. The Hall–Kier alpha value is -2.67. The number of thiophene rings is 1. The van der Waals surface area contributed by atoms with E-state index in [0.717, 1.165) is 9.78 Å². The molecular weight excluding hydrogens is 338 g/mol. The second-order valence-corrected chi connectivity index (χ2v) is 7.10. The Balaban J connectivity index is 1.70. The summed E-state index contributed by atoms with van der Waals surface area (Å²) in [6.07, 6.45) is 0. The number of nitrogens with one attached hydrogen (secondary N) is 2. The van der Waals surface area contributed by atoms with Gasteiger partial charge in [-0.25, -0.2) is 4.79 Å². The Bertz CT molecular complexity index is 791. The van der Waals surface area contributed by atoms with E-state index in [-0.39, 0.29) is 18.5 Å². The Morgan fingerprint density at radius 3 is 2.60 bits per heavy atom. The molecule has 1 aliphatic rings. The third-order valence-corrected chi connectivity index (χ3v) is 5.33. The number of imide groups is 1. The predicted octanol–water partition coefficient (Wildman–Crippen LogP) is 2.39. The molecule has 0 saturated carbocycles. The molecule has 1 aromatic heterocycles. The molecule has 0 aliphatic carbocycles. The summed E-state index contributed by atoms with van der Waals surface area (Å²) in [7, 11) is 0. The summed E-state index contributed by atoms with van der Waals surface area (Å²) in [5.74, 6) is -0.802. The van der Waals surface area contributed by atoms with Gasteiger partial charge in [0, 0.05) is 4.88 Å². The summed E-state index contributed by atoms with van der Waals surface area (Å²) in [6, 6.07) is 12.1. The zero-order valence-electron chi connectivity index (χ0n) is 14.0. The molecule has 25 heavy (non-hydrogen) atoms. The largest absolute Gasteiger partial charge is 0.347 e. The highest BCUT2D eigenvalue weighted by Gasteiger charge is 2.49. The number of amides is 4. The van der Waals surface area contributed by atoms with Gasteiger partial charge in [0.15, 0.2) is 0 Å². The molecule has 1 fully saturated rings. The van der Waals surface area contributed by atoms with E-state index in [1.54, 1.807) is 31.2 Å². The number of benzene rings is 1. The van der Waals surface area contributed by atoms with Gasteiger partial charge in [0.2, 0.25) is 5.91 Å². The maximum Gasteiger partial charge on any atom is 0.325 e. The standard InChI is InChI=1S/C18H19N3O3S/c1-12(14-9-6-10-25-14)19-15(22)11-21-16(23)18(2,20-17(21)24)13-7-4-3-5-8-13/h3-10,12H,11H2,1-2H3,(H,19,22)(H,20,24)/t12-,18-/m0/s1. The van der Waals surface area contributed by atoms with Crippen LogP contribution in [0.4, 0.5) is 4.79 Å². The number of urea groups is 1. The van der Waals surface area contributed by atoms with E-state index >= 15 is 0 Å². The summed E-state index contributed by atoms with van der Waals surface area (Å²) in [4.78, 5) is 39.2. The van der Waals surface area contributed by atoms with Crippen molar-refractivity contribution < 1.29 is 14.4 Å². The quantitative estimate of drug-likeness (QED) is 0.807. The monoisotopic (exact) mass is 357 g/mol. The third kappa shape index (κ3) is 3.28. The van der Waals surface area contributed by atoms with Crippen molar-refractivity contribution in [2.45, 2.75) is 25.4 Å². The smallest absolute Gasteiger partial charge is 0.325 e. The van der Waals surface area contributed by atoms with Crippen LogP contribution in [0.25, 0.3) is 0 Å². The molecule has 2 N–H and O–H groups in total. The van der Waals surface area contributed by atoms with Crippen LogP contribution in [0.3, 0.4) is 0 Å². The van der Waals surface area contributed by atoms with Gasteiger partial charge < -0.3 is 10.6 Å². The van der Waals surface area contributed by atoms with Gasteiger partial charge in [-0.3, -0.25) is 14.5 Å². The summed E-state index contributed by atoms with van der Waals surface area (Å²) < 4.78 is 0. The van der Waals surface area contributed by atoms with Crippen LogP contribution in [-0.4, -0.2) is 29.3 Å². The minimum atomic E-state index is -1.15. The molecule has 0 bridgehead atoms. The molecule has 0 spiro atoms. The minimum absolute atomic E-state index is 0.172. The van der Waals surface area contributed by atoms with Gasteiger partial charge >= 0.3 is 6.03 Å². The Morgan fingerprint density at radius 2 is 1.96 bits per heavy atom. The van der Waals surface area contributed by atoms with E-state index < -0.39 is 17.5 Å². The lowest BCUT2D eigenvalue weighted by Gasteiger charge is -2.22. The first-order chi connectivity index (χ1) is 11.9.